The van der Waals surface area contributed by atoms with Crippen molar-refractivity contribution in [2.75, 3.05) is 19.1 Å². The van der Waals surface area contributed by atoms with Crippen molar-refractivity contribution in [2.45, 2.75) is 25.9 Å². The van der Waals surface area contributed by atoms with Crippen LogP contribution in [0.4, 0.5) is 5.82 Å². The maximum Gasteiger partial charge on any atom is 0.144 e. The molecule has 90 valence electrons. The molecule has 1 aromatic heterocycles. The third-order valence-corrected chi connectivity index (χ3v) is 2.86. The van der Waals surface area contributed by atoms with Crippen LogP contribution in [0.2, 0.25) is 0 Å². The smallest absolute Gasteiger partial charge is 0.144 e. The van der Waals surface area contributed by atoms with Gasteiger partial charge in [-0.1, -0.05) is 6.07 Å². The molecule has 0 amide bonds. The fourth-order valence-corrected chi connectivity index (χ4v) is 1.29. The number of hydrogen-bond acceptors (Lipinski definition) is 5. The highest BCUT2D eigenvalue weighted by molar-refractivity contribution is 5.42. The molecule has 0 aromatic carbocycles. The Hall–Kier alpha value is -1.17. The molecular weight excluding hydrogens is 204 g/mol. The highest BCUT2D eigenvalue weighted by Gasteiger charge is 2.23. The number of nitrogen functional groups attached to an aromatic ring is 1. The zero-order valence-corrected chi connectivity index (χ0v) is 10.1. The van der Waals surface area contributed by atoms with Crippen molar-refractivity contribution in [1.82, 2.24) is 9.88 Å². The molecule has 0 saturated carbocycles. The van der Waals surface area contributed by atoms with Gasteiger partial charge in [0.25, 0.3) is 0 Å². The van der Waals surface area contributed by atoms with Crippen molar-refractivity contribution in [2.24, 2.45) is 5.84 Å². The summed E-state index contributed by atoms with van der Waals surface area (Å²) in [6.45, 7) is 4.76. The molecule has 5 heteroatoms. The lowest BCUT2D eigenvalue weighted by atomic mass is 10.0. The second-order valence-corrected chi connectivity index (χ2v) is 4.48. The van der Waals surface area contributed by atoms with Gasteiger partial charge in [0, 0.05) is 23.8 Å². The first kappa shape index (κ1) is 12.9. The standard InChI is InChI=1S/C11H20N4O/c1-11(2,8-16)15(3)7-9-5-4-6-13-10(9)14-12/h4-6,16H,7-8,12H2,1-3H3,(H,13,14). The van der Waals surface area contributed by atoms with Gasteiger partial charge in [0.05, 0.1) is 6.61 Å². The molecule has 0 spiro atoms. The molecule has 0 saturated heterocycles. The number of hydrogen-bond donors (Lipinski definition) is 3. The van der Waals surface area contributed by atoms with Crippen LogP contribution in [0.25, 0.3) is 0 Å². The van der Waals surface area contributed by atoms with E-state index in [4.69, 9.17) is 5.84 Å². The molecule has 0 aliphatic carbocycles. The first-order valence-electron chi connectivity index (χ1n) is 5.24. The molecule has 1 rings (SSSR count). The summed E-state index contributed by atoms with van der Waals surface area (Å²) < 4.78 is 0. The fourth-order valence-electron chi connectivity index (χ4n) is 1.29. The molecule has 0 atom stereocenters. The van der Waals surface area contributed by atoms with Gasteiger partial charge in [0.1, 0.15) is 5.82 Å². The lowest BCUT2D eigenvalue weighted by Gasteiger charge is -2.34. The SMILES string of the molecule is CN(Cc1cccnc1NN)C(C)(C)CO. The summed E-state index contributed by atoms with van der Waals surface area (Å²) in [6, 6.07) is 3.84. The van der Waals surface area contributed by atoms with Crippen molar-refractivity contribution < 1.29 is 5.11 Å². The monoisotopic (exact) mass is 224 g/mol. The van der Waals surface area contributed by atoms with E-state index in [2.05, 4.69) is 15.3 Å². The number of pyridine rings is 1. The molecule has 16 heavy (non-hydrogen) atoms. The van der Waals surface area contributed by atoms with Crippen molar-refractivity contribution in [3.8, 4) is 0 Å². The lowest BCUT2D eigenvalue weighted by Crippen LogP contribution is -2.43. The lowest BCUT2D eigenvalue weighted by molar-refractivity contribution is 0.0735. The number of aliphatic hydroxyl groups excluding tert-OH is 1. The summed E-state index contributed by atoms with van der Waals surface area (Å²) in [5.74, 6) is 6.06. The van der Waals surface area contributed by atoms with Gasteiger partial charge in [-0.05, 0) is 27.0 Å². The molecule has 0 unspecified atom stereocenters. The van der Waals surface area contributed by atoms with Crippen molar-refractivity contribution in [3.63, 3.8) is 0 Å². The summed E-state index contributed by atoms with van der Waals surface area (Å²) in [6.07, 6.45) is 1.69. The number of likely N-dealkylation sites (N-methyl/N-ethyl adjacent to an activating group) is 1. The number of aromatic nitrogens is 1. The van der Waals surface area contributed by atoms with E-state index in [-0.39, 0.29) is 12.1 Å². The van der Waals surface area contributed by atoms with E-state index in [0.717, 1.165) is 5.56 Å². The maximum atomic E-state index is 9.27. The van der Waals surface area contributed by atoms with Crippen molar-refractivity contribution in [1.29, 1.82) is 0 Å². The van der Waals surface area contributed by atoms with Gasteiger partial charge in [0.2, 0.25) is 0 Å². The van der Waals surface area contributed by atoms with Crippen LogP contribution in [0.3, 0.4) is 0 Å². The Kier molecular flexibility index (Phi) is 4.23. The quantitative estimate of drug-likeness (QED) is 0.503. The topological polar surface area (TPSA) is 74.4 Å². The predicted molar refractivity (Wildman–Crippen MR) is 64.7 cm³/mol. The van der Waals surface area contributed by atoms with Gasteiger partial charge < -0.3 is 10.5 Å². The Bertz CT molecular complexity index is 341. The Morgan fingerprint density at radius 2 is 2.25 bits per heavy atom. The first-order valence-corrected chi connectivity index (χ1v) is 5.24. The number of aliphatic hydroxyl groups is 1. The van der Waals surface area contributed by atoms with Crippen LogP contribution < -0.4 is 11.3 Å². The average Bonchev–Trinajstić information content (AvgIpc) is 2.29. The zero-order valence-electron chi connectivity index (χ0n) is 10.1. The van der Waals surface area contributed by atoms with E-state index in [0.29, 0.717) is 12.4 Å². The number of nitrogens with zero attached hydrogens (tertiary/aromatic N) is 2. The van der Waals surface area contributed by atoms with Gasteiger partial charge in [-0.3, -0.25) is 4.90 Å². The first-order chi connectivity index (χ1) is 7.51. The van der Waals surface area contributed by atoms with E-state index >= 15 is 0 Å². The Balaban J connectivity index is 2.80. The summed E-state index contributed by atoms with van der Waals surface area (Å²) in [5, 5.41) is 9.27. The minimum atomic E-state index is -0.262. The molecule has 0 bridgehead atoms. The van der Waals surface area contributed by atoms with Crippen LogP contribution in [0.15, 0.2) is 18.3 Å². The molecule has 1 heterocycles. The van der Waals surface area contributed by atoms with E-state index < -0.39 is 0 Å². The van der Waals surface area contributed by atoms with Crippen molar-refractivity contribution >= 4 is 5.82 Å². The molecule has 0 radical (unpaired) electrons. The minimum Gasteiger partial charge on any atom is -0.394 e. The highest BCUT2D eigenvalue weighted by atomic mass is 16.3. The predicted octanol–water partition coefficient (Wildman–Crippen LogP) is 0.570. The van der Waals surface area contributed by atoms with Gasteiger partial charge >= 0.3 is 0 Å². The Morgan fingerprint density at radius 1 is 1.56 bits per heavy atom. The van der Waals surface area contributed by atoms with Gasteiger partial charge in [-0.15, -0.1) is 0 Å². The average molecular weight is 224 g/mol. The summed E-state index contributed by atoms with van der Waals surface area (Å²) in [5.41, 5.74) is 3.32. The second-order valence-electron chi connectivity index (χ2n) is 4.48. The van der Waals surface area contributed by atoms with E-state index in [1.54, 1.807) is 6.20 Å². The molecular formula is C11H20N4O. The summed E-state index contributed by atoms with van der Waals surface area (Å²) in [4.78, 5) is 6.19. The largest absolute Gasteiger partial charge is 0.394 e. The van der Waals surface area contributed by atoms with Gasteiger partial charge in [-0.25, -0.2) is 10.8 Å². The zero-order chi connectivity index (χ0) is 12.2. The summed E-state index contributed by atoms with van der Waals surface area (Å²) in [7, 11) is 1.96. The fraction of sp³-hybridized carbons (Fsp3) is 0.545. The van der Waals surface area contributed by atoms with E-state index in [1.807, 2.05) is 33.0 Å². The molecule has 0 fully saturated rings. The third-order valence-electron chi connectivity index (χ3n) is 2.86. The molecule has 1 aromatic rings. The summed E-state index contributed by atoms with van der Waals surface area (Å²) >= 11 is 0. The van der Waals surface area contributed by atoms with Crippen LogP contribution in [-0.2, 0) is 6.54 Å². The minimum absolute atomic E-state index is 0.106. The number of anilines is 1. The van der Waals surface area contributed by atoms with Crippen LogP contribution in [0.5, 0.6) is 0 Å². The number of nitrogens with one attached hydrogen (secondary N) is 1. The maximum absolute atomic E-state index is 9.27. The van der Waals surface area contributed by atoms with Crippen LogP contribution in [-0.4, -0.2) is 34.2 Å². The van der Waals surface area contributed by atoms with Crippen LogP contribution in [0.1, 0.15) is 19.4 Å². The van der Waals surface area contributed by atoms with Gasteiger partial charge in [0.15, 0.2) is 0 Å². The van der Waals surface area contributed by atoms with Crippen LogP contribution in [0, 0.1) is 0 Å². The van der Waals surface area contributed by atoms with E-state index in [1.165, 1.54) is 0 Å². The molecule has 4 N–H and O–H groups in total. The Labute approximate surface area is 96.3 Å². The molecule has 0 aliphatic heterocycles. The number of rotatable bonds is 5. The third kappa shape index (κ3) is 2.91. The van der Waals surface area contributed by atoms with E-state index in [9.17, 15) is 5.11 Å². The second kappa shape index (κ2) is 5.25. The normalized spacial score (nSPS) is 11.9. The van der Waals surface area contributed by atoms with Gasteiger partial charge in [-0.2, -0.15) is 0 Å². The highest BCUT2D eigenvalue weighted by Crippen LogP contribution is 2.18. The Morgan fingerprint density at radius 3 is 2.81 bits per heavy atom. The number of nitrogens with two attached hydrogens (primary N) is 1. The van der Waals surface area contributed by atoms with Crippen LogP contribution >= 0.6 is 0 Å². The van der Waals surface area contributed by atoms with Crippen molar-refractivity contribution in [3.05, 3.63) is 23.9 Å². The number of hydrazine groups is 1. The molecule has 0 aliphatic rings. The molecule has 5 nitrogen and oxygen atoms in total.